The second kappa shape index (κ2) is 9.04. The number of hydrogen-bond donors (Lipinski definition) is 1. The first kappa shape index (κ1) is 20.0. The van der Waals surface area contributed by atoms with Crippen LogP contribution >= 0.6 is 11.8 Å². The van der Waals surface area contributed by atoms with E-state index in [1.54, 1.807) is 11.8 Å². The van der Waals surface area contributed by atoms with E-state index in [0.29, 0.717) is 18.1 Å². The zero-order valence-electron chi connectivity index (χ0n) is 16.9. The third-order valence-corrected chi connectivity index (χ3v) is 7.13. The van der Waals surface area contributed by atoms with Gasteiger partial charge in [0.1, 0.15) is 5.37 Å². The van der Waals surface area contributed by atoms with E-state index in [2.05, 4.69) is 5.32 Å². The molecule has 2 aliphatic rings. The molecule has 1 N–H and O–H groups in total. The minimum absolute atomic E-state index is 0.0700. The van der Waals surface area contributed by atoms with Crippen LogP contribution in [0.2, 0.25) is 0 Å². The molecule has 1 unspecified atom stereocenters. The molecule has 2 amide bonds. The highest BCUT2D eigenvalue weighted by atomic mass is 32.2. The molecule has 1 atom stereocenters. The number of benzene rings is 2. The molecule has 1 saturated heterocycles. The topological polar surface area (TPSA) is 49.4 Å². The van der Waals surface area contributed by atoms with E-state index in [1.807, 2.05) is 60.4 Å². The van der Waals surface area contributed by atoms with E-state index < -0.39 is 0 Å². The van der Waals surface area contributed by atoms with Gasteiger partial charge in [0.05, 0.1) is 5.75 Å². The Hall–Kier alpha value is -2.27. The molecule has 1 saturated carbocycles. The van der Waals surface area contributed by atoms with Gasteiger partial charge in [-0.15, -0.1) is 11.8 Å². The third-order valence-electron chi connectivity index (χ3n) is 5.94. The van der Waals surface area contributed by atoms with Crippen LogP contribution in [0.5, 0.6) is 0 Å². The molecule has 152 valence electrons. The summed E-state index contributed by atoms with van der Waals surface area (Å²) in [5, 5.41) is 2.99. The van der Waals surface area contributed by atoms with Gasteiger partial charge in [-0.3, -0.25) is 14.5 Å². The lowest BCUT2D eigenvalue weighted by molar-refractivity contribution is -0.117. The van der Waals surface area contributed by atoms with E-state index in [-0.39, 0.29) is 17.2 Å². The molecule has 4 rings (SSSR count). The quantitative estimate of drug-likeness (QED) is 0.669. The zero-order valence-corrected chi connectivity index (χ0v) is 17.7. The van der Waals surface area contributed by atoms with Crippen LogP contribution in [0.3, 0.4) is 0 Å². The van der Waals surface area contributed by atoms with Crippen LogP contribution in [0.15, 0.2) is 48.5 Å². The highest BCUT2D eigenvalue weighted by Crippen LogP contribution is 2.44. The van der Waals surface area contributed by atoms with Crippen molar-refractivity contribution in [2.45, 2.75) is 50.8 Å². The number of rotatable bonds is 6. The third kappa shape index (κ3) is 4.67. The maximum atomic E-state index is 12.6. The van der Waals surface area contributed by atoms with Crippen molar-refractivity contribution in [2.75, 3.05) is 16.0 Å². The van der Waals surface area contributed by atoms with Crippen LogP contribution in [0.4, 0.5) is 11.4 Å². The summed E-state index contributed by atoms with van der Waals surface area (Å²) in [4.78, 5) is 27.1. The lowest BCUT2D eigenvalue weighted by atomic mass is 10.0. The highest BCUT2D eigenvalue weighted by Gasteiger charge is 2.35. The second-order valence-corrected chi connectivity index (χ2v) is 9.16. The summed E-state index contributed by atoms with van der Waals surface area (Å²) >= 11 is 1.61. The number of thioether (sulfide) groups is 1. The predicted molar refractivity (Wildman–Crippen MR) is 120 cm³/mol. The summed E-state index contributed by atoms with van der Waals surface area (Å²) in [5.41, 5.74) is 3.86. The molecule has 0 radical (unpaired) electrons. The molecular weight excluding hydrogens is 380 g/mol. The van der Waals surface area contributed by atoms with Gasteiger partial charge < -0.3 is 5.32 Å². The van der Waals surface area contributed by atoms with Gasteiger partial charge in [0.25, 0.3) is 0 Å². The van der Waals surface area contributed by atoms with E-state index in [0.717, 1.165) is 23.4 Å². The molecule has 0 aromatic heterocycles. The van der Waals surface area contributed by atoms with Gasteiger partial charge in [-0.25, -0.2) is 0 Å². The van der Waals surface area contributed by atoms with Crippen LogP contribution in [0.1, 0.15) is 55.0 Å². The van der Waals surface area contributed by atoms with Crippen LogP contribution in [0.25, 0.3) is 0 Å². The van der Waals surface area contributed by atoms with Crippen molar-refractivity contribution >= 4 is 35.0 Å². The van der Waals surface area contributed by atoms with Crippen molar-refractivity contribution in [1.82, 2.24) is 0 Å². The average molecular weight is 409 g/mol. The fraction of sp³-hybridized carbons (Fsp3) is 0.417. The minimum atomic E-state index is -0.128. The van der Waals surface area contributed by atoms with E-state index >= 15 is 0 Å². The average Bonchev–Trinajstić information content (AvgIpc) is 3.37. The van der Waals surface area contributed by atoms with Gasteiger partial charge in [0, 0.05) is 23.4 Å². The fourth-order valence-corrected chi connectivity index (χ4v) is 5.52. The highest BCUT2D eigenvalue weighted by molar-refractivity contribution is 8.00. The van der Waals surface area contributed by atoms with Gasteiger partial charge in [-0.1, -0.05) is 61.6 Å². The SMILES string of the molecule is Cc1ccc(N2C(=O)CSC2c2ccccc2NC(=O)CCC2CCCC2)cc1. The molecule has 1 aliphatic heterocycles. The number of anilines is 2. The normalized spacial score (nSPS) is 19.7. The standard InChI is InChI=1S/C24H28N2O2S/c1-17-10-13-19(14-11-17)26-23(28)16-29-24(26)20-8-4-5-9-21(20)25-22(27)15-12-18-6-2-3-7-18/h4-5,8-11,13-14,18,24H,2-3,6-7,12,15-16H2,1H3,(H,25,27). The fourth-order valence-electron chi connectivity index (χ4n) is 4.31. The van der Waals surface area contributed by atoms with Crippen molar-refractivity contribution in [3.05, 3.63) is 59.7 Å². The Morgan fingerprint density at radius 2 is 1.83 bits per heavy atom. The molecule has 0 bridgehead atoms. The summed E-state index contributed by atoms with van der Waals surface area (Å²) in [6, 6.07) is 15.9. The van der Waals surface area contributed by atoms with Gasteiger partial charge >= 0.3 is 0 Å². The minimum Gasteiger partial charge on any atom is -0.326 e. The molecule has 1 aliphatic carbocycles. The van der Waals surface area contributed by atoms with Crippen molar-refractivity contribution in [3.63, 3.8) is 0 Å². The summed E-state index contributed by atoms with van der Waals surface area (Å²) in [7, 11) is 0. The van der Waals surface area contributed by atoms with Gasteiger partial charge in [0.2, 0.25) is 11.8 Å². The maximum Gasteiger partial charge on any atom is 0.238 e. The summed E-state index contributed by atoms with van der Waals surface area (Å²) < 4.78 is 0. The number of amides is 2. The number of aryl methyl sites for hydroxylation is 1. The molecule has 2 aromatic carbocycles. The maximum absolute atomic E-state index is 12.6. The predicted octanol–water partition coefficient (Wildman–Crippen LogP) is 5.68. The summed E-state index contributed by atoms with van der Waals surface area (Å²) in [6.45, 7) is 2.04. The zero-order chi connectivity index (χ0) is 20.2. The van der Waals surface area contributed by atoms with Gasteiger partial charge in [-0.05, 0) is 37.5 Å². The van der Waals surface area contributed by atoms with Crippen molar-refractivity contribution in [1.29, 1.82) is 0 Å². The smallest absolute Gasteiger partial charge is 0.238 e. The Labute approximate surface area is 177 Å². The molecule has 5 heteroatoms. The summed E-state index contributed by atoms with van der Waals surface area (Å²) in [5.74, 6) is 1.32. The number of nitrogens with zero attached hydrogens (tertiary/aromatic N) is 1. The number of hydrogen-bond acceptors (Lipinski definition) is 3. The molecule has 2 fully saturated rings. The van der Waals surface area contributed by atoms with Crippen LogP contribution in [0, 0.1) is 12.8 Å². The van der Waals surface area contributed by atoms with Crippen LogP contribution < -0.4 is 10.2 Å². The number of carbonyl (C=O) groups is 2. The molecule has 1 heterocycles. The number of para-hydroxylation sites is 1. The van der Waals surface area contributed by atoms with Gasteiger partial charge in [-0.2, -0.15) is 0 Å². The first-order chi connectivity index (χ1) is 14.1. The molecule has 0 spiro atoms. The Balaban J connectivity index is 1.51. The van der Waals surface area contributed by atoms with Gasteiger partial charge in [0.15, 0.2) is 0 Å². The number of nitrogens with one attached hydrogen (secondary N) is 1. The second-order valence-electron chi connectivity index (χ2n) is 8.09. The largest absolute Gasteiger partial charge is 0.326 e. The molecular formula is C24H28N2O2S. The van der Waals surface area contributed by atoms with Crippen LogP contribution in [-0.2, 0) is 9.59 Å². The first-order valence-electron chi connectivity index (χ1n) is 10.5. The van der Waals surface area contributed by atoms with Crippen molar-refractivity contribution in [3.8, 4) is 0 Å². The van der Waals surface area contributed by atoms with E-state index in [1.165, 1.54) is 31.2 Å². The number of carbonyl (C=O) groups excluding carboxylic acids is 2. The summed E-state index contributed by atoms with van der Waals surface area (Å²) in [6.07, 6.45) is 6.66. The Morgan fingerprint density at radius 3 is 2.59 bits per heavy atom. The first-order valence-corrected chi connectivity index (χ1v) is 11.6. The Bertz CT molecular complexity index is 875. The van der Waals surface area contributed by atoms with Crippen molar-refractivity contribution < 1.29 is 9.59 Å². The van der Waals surface area contributed by atoms with Crippen LogP contribution in [-0.4, -0.2) is 17.6 Å². The molecule has 29 heavy (non-hydrogen) atoms. The van der Waals surface area contributed by atoms with E-state index in [9.17, 15) is 9.59 Å². The van der Waals surface area contributed by atoms with Crippen molar-refractivity contribution in [2.24, 2.45) is 5.92 Å². The molecule has 4 nitrogen and oxygen atoms in total. The Kier molecular flexibility index (Phi) is 6.24. The monoisotopic (exact) mass is 408 g/mol. The Morgan fingerprint density at radius 1 is 1.10 bits per heavy atom. The lowest BCUT2D eigenvalue weighted by Crippen LogP contribution is -2.28. The van der Waals surface area contributed by atoms with E-state index in [4.69, 9.17) is 0 Å². The lowest BCUT2D eigenvalue weighted by Gasteiger charge is -2.26. The molecule has 2 aromatic rings.